The van der Waals surface area contributed by atoms with Crippen LogP contribution in [0.3, 0.4) is 0 Å². The second-order valence-corrected chi connectivity index (χ2v) is 7.34. The van der Waals surface area contributed by atoms with Crippen LogP contribution < -0.4 is 5.32 Å². The lowest BCUT2D eigenvalue weighted by molar-refractivity contribution is 0.631. The van der Waals surface area contributed by atoms with Gasteiger partial charge in [0, 0.05) is 33.6 Å². The Morgan fingerprint density at radius 2 is 2.25 bits per heavy atom. The zero-order chi connectivity index (χ0) is 11.8. The van der Waals surface area contributed by atoms with Crippen LogP contribution in [0, 0.1) is 5.92 Å². The van der Waals surface area contributed by atoms with Gasteiger partial charge in [-0.1, -0.05) is 13.8 Å². The van der Waals surface area contributed by atoms with E-state index in [-0.39, 0.29) is 0 Å². The average Bonchev–Trinajstić information content (AvgIpc) is 2.62. The molecule has 1 N–H and O–H groups in total. The van der Waals surface area contributed by atoms with Gasteiger partial charge in [0.25, 0.3) is 0 Å². The fourth-order valence-electron chi connectivity index (χ4n) is 1.22. The first kappa shape index (κ1) is 14.6. The first-order valence-corrected chi connectivity index (χ1v) is 8.52. The predicted octanol–water partition coefficient (Wildman–Crippen LogP) is 4.38. The highest BCUT2D eigenvalue weighted by molar-refractivity contribution is 9.10. The highest BCUT2D eigenvalue weighted by Gasteiger charge is 1.97. The molecule has 92 valence electrons. The Kier molecular flexibility index (Phi) is 7.79. The molecule has 1 aromatic rings. The van der Waals surface area contributed by atoms with Gasteiger partial charge in [0.1, 0.15) is 0 Å². The lowest BCUT2D eigenvalue weighted by Crippen LogP contribution is -2.16. The minimum atomic E-state index is 0.837. The molecule has 0 atom stereocenters. The molecule has 1 nitrogen and oxygen atoms in total. The van der Waals surface area contributed by atoms with E-state index in [0.717, 1.165) is 19.0 Å². The van der Waals surface area contributed by atoms with E-state index >= 15 is 0 Å². The zero-order valence-corrected chi connectivity index (χ0v) is 13.2. The highest BCUT2D eigenvalue weighted by Crippen LogP contribution is 2.19. The monoisotopic (exact) mass is 321 g/mol. The maximum absolute atomic E-state index is 3.47. The summed E-state index contributed by atoms with van der Waals surface area (Å²) in [6.45, 7) is 6.68. The van der Waals surface area contributed by atoms with Crippen molar-refractivity contribution in [3.05, 3.63) is 20.8 Å². The van der Waals surface area contributed by atoms with E-state index in [2.05, 4.69) is 58.3 Å². The summed E-state index contributed by atoms with van der Waals surface area (Å²) < 4.78 is 1.20. The van der Waals surface area contributed by atoms with Gasteiger partial charge >= 0.3 is 0 Å². The Hall–Kier alpha value is 0.490. The van der Waals surface area contributed by atoms with E-state index in [1.807, 2.05) is 0 Å². The molecule has 0 spiro atoms. The van der Waals surface area contributed by atoms with Gasteiger partial charge in [-0.15, -0.1) is 11.3 Å². The van der Waals surface area contributed by atoms with Crippen molar-refractivity contribution in [2.75, 3.05) is 18.1 Å². The van der Waals surface area contributed by atoms with E-state index in [9.17, 15) is 0 Å². The molecule has 0 radical (unpaired) electrons. The van der Waals surface area contributed by atoms with E-state index in [4.69, 9.17) is 0 Å². The fourth-order valence-corrected chi connectivity index (χ4v) is 3.78. The van der Waals surface area contributed by atoms with Gasteiger partial charge in [0.05, 0.1) is 0 Å². The summed E-state index contributed by atoms with van der Waals surface area (Å²) in [4.78, 5) is 1.40. The first-order chi connectivity index (χ1) is 7.68. The second kappa shape index (κ2) is 8.56. The van der Waals surface area contributed by atoms with Crippen LogP contribution in [0.5, 0.6) is 0 Å². The normalized spacial score (nSPS) is 11.2. The SMILES string of the molecule is CC(C)CCSCCNCc1cc(Br)cs1. The van der Waals surface area contributed by atoms with Crippen molar-refractivity contribution in [2.24, 2.45) is 5.92 Å². The lowest BCUT2D eigenvalue weighted by Gasteiger charge is -2.05. The van der Waals surface area contributed by atoms with Gasteiger partial charge in [-0.05, 0) is 40.1 Å². The third-order valence-corrected chi connectivity index (χ3v) is 4.90. The summed E-state index contributed by atoms with van der Waals surface area (Å²) in [5, 5.41) is 5.61. The van der Waals surface area contributed by atoms with Crippen LogP contribution in [0.1, 0.15) is 25.1 Å². The Bertz CT molecular complexity index is 286. The molecular weight excluding hydrogens is 302 g/mol. The smallest absolute Gasteiger partial charge is 0.0300 e. The molecule has 0 aliphatic heterocycles. The van der Waals surface area contributed by atoms with E-state index in [0.29, 0.717) is 0 Å². The summed E-state index contributed by atoms with van der Waals surface area (Å²) in [6.07, 6.45) is 1.34. The second-order valence-electron chi connectivity index (χ2n) is 4.20. The van der Waals surface area contributed by atoms with Gasteiger partial charge in [0.2, 0.25) is 0 Å². The maximum Gasteiger partial charge on any atom is 0.0300 e. The minimum absolute atomic E-state index is 0.837. The Morgan fingerprint density at radius 3 is 2.88 bits per heavy atom. The van der Waals surface area contributed by atoms with Gasteiger partial charge in [-0.3, -0.25) is 0 Å². The van der Waals surface area contributed by atoms with Crippen molar-refractivity contribution in [1.82, 2.24) is 5.32 Å². The molecular formula is C12H20BrNS2. The Morgan fingerprint density at radius 1 is 1.44 bits per heavy atom. The highest BCUT2D eigenvalue weighted by atomic mass is 79.9. The van der Waals surface area contributed by atoms with Crippen molar-refractivity contribution in [3.8, 4) is 0 Å². The molecule has 0 fully saturated rings. The lowest BCUT2D eigenvalue weighted by atomic mass is 10.2. The molecule has 0 aromatic carbocycles. The maximum atomic E-state index is 3.47. The molecule has 0 aliphatic carbocycles. The van der Waals surface area contributed by atoms with Crippen LogP contribution >= 0.6 is 39.0 Å². The van der Waals surface area contributed by atoms with E-state index < -0.39 is 0 Å². The van der Waals surface area contributed by atoms with Crippen LogP contribution in [0.15, 0.2) is 15.9 Å². The molecule has 4 heteroatoms. The molecule has 16 heavy (non-hydrogen) atoms. The van der Waals surface area contributed by atoms with E-state index in [1.165, 1.54) is 27.3 Å². The molecule has 0 aliphatic rings. The molecule has 0 saturated carbocycles. The van der Waals surface area contributed by atoms with Crippen molar-refractivity contribution < 1.29 is 0 Å². The first-order valence-electron chi connectivity index (χ1n) is 5.70. The third-order valence-electron chi connectivity index (χ3n) is 2.18. The van der Waals surface area contributed by atoms with Gasteiger partial charge in [-0.2, -0.15) is 11.8 Å². The van der Waals surface area contributed by atoms with Crippen molar-refractivity contribution in [2.45, 2.75) is 26.8 Å². The zero-order valence-electron chi connectivity index (χ0n) is 9.96. The molecule has 0 unspecified atom stereocenters. The van der Waals surface area contributed by atoms with Crippen molar-refractivity contribution in [1.29, 1.82) is 0 Å². The van der Waals surface area contributed by atoms with Crippen molar-refractivity contribution >= 4 is 39.0 Å². The third kappa shape index (κ3) is 6.94. The van der Waals surface area contributed by atoms with Gasteiger partial charge in [-0.25, -0.2) is 0 Å². The minimum Gasteiger partial charge on any atom is -0.311 e. The van der Waals surface area contributed by atoms with Crippen molar-refractivity contribution in [3.63, 3.8) is 0 Å². The summed E-state index contributed by atoms with van der Waals surface area (Å²) in [6, 6.07) is 2.18. The number of rotatable bonds is 8. The topological polar surface area (TPSA) is 12.0 Å². The Labute approximate surface area is 116 Å². The molecule has 1 heterocycles. The summed E-state index contributed by atoms with van der Waals surface area (Å²) in [7, 11) is 0. The summed E-state index contributed by atoms with van der Waals surface area (Å²) in [5.41, 5.74) is 0. The van der Waals surface area contributed by atoms with Crippen LogP contribution in [0.4, 0.5) is 0 Å². The van der Waals surface area contributed by atoms with Crippen LogP contribution in [-0.2, 0) is 6.54 Å². The summed E-state index contributed by atoms with van der Waals surface area (Å²) in [5.74, 6) is 3.35. The number of thioether (sulfide) groups is 1. The molecule has 0 saturated heterocycles. The molecule has 1 aromatic heterocycles. The van der Waals surface area contributed by atoms with Gasteiger partial charge in [0.15, 0.2) is 0 Å². The average molecular weight is 322 g/mol. The number of thiophene rings is 1. The number of nitrogens with one attached hydrogen (secondary N) is 1. The van der Waals surface area contributed by atoms with Crippen LogP contribution in [0.2, 0.25) is 0 Å². The molecule has 1 rings (SSSR count). The molecule has 0 amide bonds. The molecule has 0 bridgehead atoms. The van der Waals surface area contributed by atoms with Gasteiger partial charge < -0.3 is 5.32 Å². The largest absolute Gasteiger partial charge is 0.311 e. The Balaban J connectivity index is 1.92. The number of hydrogen-bond donors (Lipinski definition) is 1. The number of hydrogen-bond acceptors (Lipinski definition) is 3. The quantitative estimate of drug-likeness (QED) is 0.713. The van der Waals surface area contributed by atoms with E-state index in [1.54, 1.807) is 11.3 Å². The predicted molar refractivity (Wildman–Crippen MR) is 80.5 cm³/mol. The number of halogens is 1. The van der Waals surface area contributed by atoms with Crippen LogP contribution in [-0.4, -0.2) is 18.1 Å². The fraction of sp³-hybridized carbons (Fsp3) is 0.667. The van der Waals surface area contributed by atoms with Crippen LogP contribution in [0.25, 0.3) is 0 Å². The summed E-state index contributed by atoms with van der Waals surface area (Å²) >= 11 is 7.33. The standard InChI is InChI=1S/C12H20BrNS2/c1-10(2)3-5-15-6-4-14-8-12-7-11(13)9-16-12/h7,9-10,14H,3-6,8H2,1-2H3.